The van der Waals surface area contributed by atoms with E-state index in [4.69, 9.17) is 0 Å². The van der Waals surface area contributed by atoms with Crippen LogP contribution in [-0.2, 0) is 0 Å². The Balaban J connectivity index is 1.83. The van der Waals surface area contributed by atoms with Gasteiger partial charge in [-0.05, 0) is 55.6 Å². The van der Waals surface area contributed by atoms with E-state index in [1.165, 1.54) is 5.56 Å². The van der Waals surface area contributed by atoms with Crippen LogP contribution in [0.2, 0.25) is 0 Å². The Kier molecular flexibility index (Phi) is 2.04. The molecule has 0 N–H and O–H groups in total. The van der Waals surface area contributed by atoms with Gasteiger partial charge in [0, 0.05) is 11.9 Å². The van der Waals surface area contributed by atoms with Gasteiger partial charge in [0.1, 0.15) is 6.17 Å². The molecule has 2 bridgehead atoms. The highest BCUT2D eigenvalue weighted by atomic mass is 19.1. The van der Waals surface area contributed by atoms with Gasteiger partial charge in [-0.1, -0.05) is 6.07 Å². The van der Waals surface area contributed by atoms with Crippen LogP contribution in [0.5, 0.6) is 0 Å². The molecule has 1 heterocycles. The summed E-state index contributed by atoms with van der Waals surface area (Å²) in [5.41, 5.74) is 2.38. The molecule has 15 heavy (non-hydrogen) atoms. The summed E-state index contributed by atoms with van der Waals surface area (Å²) in [6.07, 6.45) is 4.37. The van der Waals surface area contributed by atoms with Crippen molar-refractivity contribution in [3.05, 3.63) is 29.6 Å². The first-order chi connectivity index (χ1) is 7.24. The number of hydrogen-bond donors (Lipinski definition) is 0. The van der Waals surface area contributed by atoms with E-state index in [2.05, 4.69) is 17.1 Å². The quantitative estimate of drug-likeness (QED) is 0.686. The van der Waals surface area contributed by atoms with Crippen molar-refractivity contribution in [2.24, 2.45) is 11.8 Å². The molecule has 80 valence electrons. The first-order valence-corrected chi connectivity index (χ1v) is 5.80. The third-order valence-electron chi connectivity index (χ3n) is 4.13. The minimum Gasteiger partial charge on any atom is -0.261 e. The van der Waals surface area contributed by atoms with Crippen molar-refractivity contribution in [2.45, 2.75) is 38.3 Å². The van der Waals surface area contributed by atoms with Gasteiger partial charge in [0.15, 0.2) is 0 Å². The molecule has 0 aliphatic heterocycles. The minimum atomic E-state index is -0.523. The number of nitrogens with zero attached hydrogens (tertiary/aromatic N) is 1. The van der Waals surface area contributed by atoms with E-state index in [1.807, 2.05) is 13.1 Å². The predicted molar refractivity (Wildman–Crippen MR) is 57.4 cm³/mol. The molecule has 2 aliphatic rings. The van der Waals surface area contributed by atoms with Crippen LogP contribution in [0.1, 0.15) is 36.4 Å². The number of fused-ring (bicyclic) bond motifs is 2. The molecule has 0 amide bonds. The van der Waals surface area contributed by atoms with E-state index < -0.39 is 6.17 Å². The van der Waals surface area contributed by atoms with Crippen molar-refractivity contribution in [3.63, 3.8) is 0 Å². The molecule has 1 nitrogen and oxygen atoms in total. The second-order valence-electron chi connectivity index (χ2n) is 5.08. The number of halogens is 1. The lowest BCUT2D eigenvalue weighted by atomic mass is 9.83. The molecule has 1 aromatic heterocycles. The second-order valence-corrected chi connectivity index (χ2v) is 5.08. The summed E-state index contributed by atoms with van der Waals surface area (Å²) < 4.78 is 13.4. The molecule has 4 unspecified atom stereocenters. The van der Waals surface area contributed by atoms with Crippen molar-refractivity contribution in [1.29, 1.82) is 0 Å². The zero-order valence-electron chi connectivity index (χ0n) is 8.99. The number of aromatic nitrogens is 1. The Hall–Kier alpha value is -0.920. The van der Waals surface area contributed by atoms with Gasteiger partial charge in [-0.2, -0.15) is 0 Å². The molecule has 0 aromatic carbocycles. The van der Waals surface area contributed by atoms with Crippen molar-refractivity contribution in [2.75, 3.05) is 0 Å². The fourth-order valence-corrected chi connectivity index (χ4v) is 3.31. The molecule has 2 saturated carbocycles. The molecular formula is C13H16FN. The number of alkyl halides is 1. The van der Waals surface area contributed by atoms with Crippen LogP contribution in [0.4, 0.5) is 4.39 Å². The van der Waals surface area contributed by atoms with Gasteiger partial charge in [-0.15, -0.1) is 0 Å². The molecule has 0 saturated heterocycles. The van der Waals surface area contributed by atoms with Gasteiger partial charge in [-0.3, -0.25) is 4.98 Å². The van der Waals surface area contributed by atoms with Crippen molar-refractivity contribution < 1.29 is 4.39 Å². The standard InChI is InChI=1S/C13H16FN/c1-8-2-3-9(7-15-8)12-5-11-4-10(12)6-13(11)14/h2-3,7,10-13H,4-6H2,1H3. The molecule has 0 radical (unpaired) electrons. The number of pyridine rings is 1. The largest absolute Gasteiger partial charge is 0.261 e. The lowest BCUT2D eigenvalue weighted by Crippen LogP contribution is -2.17. The zero-order valence-corrected chi connectivity index (χ0v) is 8.99. The molecule has 0 spiro atoms. The summed E-state index contributed by atoms with van der Waals surface area (Å²) in [5.74, 6) is 1.49. The molecule has 2 aliphatic carbocycles. The molecule has 4 atom stereocenters. The van der Waals surface area contributed by atoms with Crippen LogP contribution in [-0.4, -0.2) is 11.2 Å². The van der Waals surface area contributed by atoms with Crippen LogP contribution in [0.3, 0.4) is 0 Å². The lowest BCUT2D eigenvalue weighted by molar-refractivity contribution is 0.217. The minimum absolute atomic E-state index is 0.335. The zero-order chi connectivity index (χ0) is 10.4. The number of hydrogen-bond acceptors (Lipinski definition) is 1. The number of rotatable bonds is 1. The van der Waals surface area contributed by atoms with E-state index in [0.29, 0.717) is 17.8 Å². The van der Waals surface area contributed by atoms with Crippen LogP contribution in [0, 0.1) is 18.8 Å². The topological polar surface area (TPSA) is 12.9 Å². The Morgan fingerprint density at radius 2 is 2.07 bits per heavy atom. The van der Waals surface area contributed by atoms with Crippen LogP contribution >= 0.6 is 0 Å². The summed E-state index contributed by atoms with van der Waals surface area (Å²) in [7, 11) is 0. The molecular weight excluding hydrogens is 189 g/mol. The first-order valence-electron chi connectivity index (χ1n) is 5.80. The highest BCUT2D eigenvalue weighted by Gasteiger charge is 2.46. The Labute approximate surface area is 89.7 Å². The maximum absolute atomic E-state index is 13.4. The molecule has 1 aromatic rings. The second kappa shape index (κ2) is 3.29. The van der Waals surface area contributed by atoms with Gasteiger partial charge in [0.05, 0.1) is 0 Å². The fourth-order valence-electron chi connectivity index (χ4n) is 3.31. The van der Waals surface area contributed by atoms with Crippen molar-refractivity contribution in [1.82, 2.24) is 4.98 Å². The van der Waals surface area contributed by atoms with Crippen molar-refractivity contribution in [3.8, 4) is 0 Å². The van der Waals surface area contributed by atoms with E-state index in [9.17, 15) is 4.39 Å². The van der Waals surface area contributed by atoms with E-state index in [1.54, 1.807) is 0 Å². The van der Waals surface area contributed by atoms with Gasteiger partial charge in [-0.25, -0.2) is 4.39 Å². The average molecular weight is 205 g/mol. The monoisotopic (exact) mass is 205 g/mol. The molecule has 2 fully saturated rings. The normalized spacial score (nSPS) is 38.5. The van der Waals surface area contributed by atoms with E-state index in [0.717, 1.165) is 25.0 Å². The summed E-state index contributed by atoms with van der Waals surface area (Å²) in [5, 5.41) is 0. The summed E-state index contributed by atoms with van der Waals surface area (Å²) in [6, 6.07) is 4.23. The Morgan fingerprint density at radius 1 is 1.20 bits per heavy atom. The molecule has 2 heteroatoms. The lowest BCUT2D eigenvalue weighted by Gasteiger charge is -2.23. The first kappa shape index (κ1) is 9.32. The fraction of sp³-hybridized carbons (Fsp3) is 0.615. The highest BCUT2D eigenvalue weighted by molar-refractivity contribution is 5.22. The SMILES string of the molecule is Cc1ccc(C2CC3CC2CC3F)cn1. The average Bonchev–Trinajstić information content (AvgIpc) is 2.77. The van der Waals surface area contributed by atoms with E-state index in [-0.39, 0.29) is 0 Å². The summed E-state index contributed by atoms with van der Waals surface area (Å²) in [6.45, 7) is 2.00. The van der Waals surface area contributed by atoms with Crippen molar-refractivity contribution >= 4 is 0 Å². The van der Waals surface area contributed by atoms with Gasteiger partial charge in [0.2, 0.25) is 0 Å². The summed E-state index contributed by atoms with van der Waals surface area (Å²) in [4.78, 5) is 4.33. The number of aryl methyl sites for hydroxylation is 1. The van der Waals surface area contributed by atoms with Crippen LogP contribution in [0.25, 0.3) is 0 Å². The van der Waals surface area contributed by atoms with Gasteiger partial charge < -0.3 is 0 Å². The summed E-state index contributed by atoms with van der Waals surface area (Å²) >= 11 is 0. The van der Waals surface area contributed by atoms with Gasteiger partial charge in [0.25, 0.3) is 0 Å². The highest BCUT2D eigenvalue weighted by Crippen LogP contribution is 2.53. The van der Waals surface area contributed by atoms with Crippen LogP contribution < -0.4 is 0 Å². The third-order valence-corrected chi connectivity index (χ3v) is 4.13. The third kappa shape index (κ3) is 1.47. The van der Waals surface area contributed by atoms with E-state index >= 15 is 0 Å². The predicted octanol–water partition coefficient (Wildman–Crippen LogP) is 3.24. The smallest absolute Gasteiger partial charge is 0.103 e. The van der Waals surface area contributed by atoms with Crippen LogP contribution in [0.15, 0.2) is 18.3 Å². The Bertz CT molecular complexity index is 357. The maximum Gasteiger partial charge on any atom is 0.103 e. The van der Waals surface area contributed by atoms with Gasteiger partial charge >= 0.3 is 0 Å². The Morgan fingerprint density at radius 3 is 2.60 bits per heavy atom. The molecule has 3 rings (SSSR count). The maximum atomic E-state index is 13.4.